The third-order valence-corrected chi connectivity index (χ3v) is 3.12. The van der Waals surface area contributed by atoms with E-state index in [4.69, 9.17) is 11.6 Å². The molecule has 5 heteroatoms. The molecule has 0 saturated heterocycles. The number of nitrogens with zero attached hydrogens (tertiary/aromatic N) is 2. The molecule has 0 amide bonds. The normalized spacial score (nSPS) is 10.5. The summed E-state index contributed by atoms with van der Waals surface area (Å²) in [5, 5.41) is 3.48. The molecule has 2 aromatic rings. The van der Waals surface area contributed by atoms with Crippen molar-refractivity contribution in [2.24, 2.45) is 0 Å². The lowest BCUT2D eigenvalue weighted by Crippen LogP contribution is -2.09. The van der Waals surface area contributed by atoms with E-state index in [1.165, 1.54) is 12.1 Å². The number of benzene rings is 1. The zero-order valence-electron chi connectivity index (χ0n) is 10.9. The Morgan fingerprint density at radius 3 is 2.68 bits per heavy atom. The zero-order chi connectivity index (χ0) is 13.8. The number of nitrogens with one attached hydrogen (secondary N) is 1. The highest BCUT2D eigenvalue weighted by Gasteiger charge is 2.06. The van der Waals surface area contributed by atoms with E-state index < -0.39 is 0 Å². The fourth-order valence-electron chi connectivity index (χ4n) is 1.71. The zero-order valence-corrected chi connectivity index (χ0v) is 11.6. The van der Waals surface area contributed by atoms with Crippen molar-refractivity contribution in [3.8, 4) is 0 Å². The number of anilines is 1. The van der Waals surface area contributed by atoms with Crippen LogP contribution in [0.4, 0.5) is 10.2 Å². The molecule has 1 heterocycles. The molecule has 0 spiro atoms. The molecule has 1 aromatic carbocycles. The summed E-state index contributed by atoms with van der Waals surface area (Å²) in [6, 6.07) is 6.55. The minimum absolute atomic E-state index is 0.221. The van der Waals surface area contributed by atoms with Gasteiger partial charge in [-0.05, 0) is 38.0 Å². The van der Waals surface area contributed by atoms with Gasteiger partial charge in [0.25, 0.3) is 0 Å². The summed E-state index contributed by atoms with van der Waals surface area (Å²) < 4.78 is 13.0. The van der Waals surface area contributed by atoms with Gasteiger partial charge in [0.05, 0.1) is 11.4 Å². The van der Waals surface area contributed by atoms with Crippen LogP contribution >= 0.6 is 11.6 Å². The van der Waals surface area contributed by atoms with E-state index in [2.05, 4.69) is 15.3 Å². The summed E-state index contributed by atoms with van der Waals surface area (Å²) in [5.41, 5.74) is 2.60. The van der Waals surface area contributed by atoms with Gasteiger partial charge in [-0.15, -0.1) is 0 Å². The standard InChI is InChI=1S/C14H15ClFN3/c1-9-10(2)19-14(13(15)18-9)17-7-6-11-4-3-5-12(16)8-11/h3-5,8H,6-7H2,1-2H3,(H,17,19). The second-order valence-electron chi connectivity index (χ2n) is 4.34. The first kappa shape index (κ1) is 13.7. The fourth-order valence-corrected chi connectivity index (χ4v) is 1.94. The Labute approximate surface area is 116 Å². The predicted molar refractivity (Wildman–Crippen MR) is 75.1 cm³/mol. The molecule has 1 N–H and O–H groups in total. The van der Waals surface area contributed by atoms with Crippen LogP contribution in [-0.4, -0.2) is 16.5 Å². The van der Waals surface area contributed by atoms with Crippen molar-refractivity contribution in [3.63, 3.8) is 0 Å². The molecule has 19 heavy (non-hydrogen) atoms. The van der Waals surface area contributed by atoms with Crippen molar-refractivity contribution in [1.29, 1.82) is 0 Å². The van der Waals surface area contributed by atoms with Crippen molar-refractivity contribution in [2.75, 3.05) is 11.9 Å². The molecular formula is C14H15ClFN3. The Bertz CT molecular complexity index is 587. The van der Waals surface area contributed by atoms with Gasteiger partial charge in [0.2, 0.25) is 0 Å². The highest BCUT2D eigenvalue weighted by atomic mass is 35.5. The average Bonchev–Trinajstić information content (AvgIpc) is 2.35. The van der Waals surface area contributed by atoms with Gasteiger partial charge in [0, 0.05) is 6.54 Å². The van der Waals surface area contributed by atoms with Crippen molar-refractivity contribution >= 4 is 17.4 Å². The van der Waals surface area contributed by atoms with E-state index in [0.29, 0.717) is 23.9 Å². The lowest BCUT2D eigenvalue weighted by atomic mass is 10.1. The van der Waals surface area contributed by atoms with Gasteiger partial charge in [-0.3, -0.25) is 0 Å². The molecule has 2 rings (SSSR count). The van der Waals surface area contributed by atoms with Gasteiger partial charge in [0.15, 0.2) is 11.0 Å². The molecule has 0 fully saturated rings. The van der Waals surface area contributed by atoms with Crippen LogP contribution in [0, 0.1) is 19.7 Å². The lowest BCUT2D eigenvalue weighted by molar-refractivity contribution is 0.625. The van der Waals surface area contributed by atoms with Gasteiger partial charge in [0.1, 0.15) is 5.82 Å². The Kier molecular flexibility index (Phi) is 4.32. The van der Waals surface area contributed by atoms with E-state index in [9.17, 15) is 4.39 Å². The predicted octanol–water partition coefficient (Wildman–Crippen LogP) is 3.54. The molecule has 100 valence electrons. The highest BCUT2D eigenvalue weighted by molar-refractivity contribution is 6.31. The number of rotatable bonds is 4. The highest BCUT2D eigenvalue weighted by Crippen LogP contribution is 2.18. The Balaban J connectivity index is 1.98. The van der Waals surface area contributed by atoms with Crippen LogP contribution in [0.5, 0.6) is 0 Å². The van der Waals surface area contributed by atoms with Crippen LogP contribution in [0.25, 0.3) is 0 Å². The van der Waals surface area contributed by atoms with Crippen LogP contribution in [0.1, 0.15) is 17.0 Å². The maximum absolute atomic E-state index is 13.0. The molecule has 0 unspecified atom stereocenters. The van der Waals surface area contributed by atoms with Crippen LogP contribution < -0.4 is 5.32 Å². The summed E-state index contributed by atoms with van der Waals surface area (Å²) in [6.07, 6.45) is 0.697. The molecule has 0 aliphatic carbocycles. The second kappa shape index (κ2) is 5.97. The number of aromatic nitrogens is 2. The summed E-state index contributed by atoms with van der Waals surface area (Å²) in [7, 11) is 0. The Morgan fingerprint density at radius 2 is 1.95 bits per heavy atom. The molecule has 0 atom stereocenters. The first-order chi connectivity index (χ1) is 9.06. The molecule has 0 aliphatic rings. The molecule has 1 aromatic heterocycles. The quantitative estimate of drug-likeness (QED) is 0.930. The average molecular weight is 280 g/mol. The summed E-state index contributed by atoms with van der Waals surface area (Å²) in [4.78, 5) is 8.53. The third kappa shape index (κ3) is 3.64. The van der Waals surface area contributed by atoms with E-state index in [1.54, 1.807) is 6.07 Å². The largest absolute Gasteiger partial charge is 0.367 e. The van der Waals surface area contributed by atoms with Crippen molar-refractivity contribution in [2.45, 2.75) is 20.3 Å². The minimum atomic E-state index is -0.221. The van der Waals surface area contributed by atoms with Gasteiger partial charge < -0.3 is 5.32 Å². The number of hydrogen-bond acceptors (Lipinski definition) is 3. The Hall–Kier alpha value is -1.68. The molecular weight excluding hydrogens is 265 g/mol. The van der Waals surface area contributed by atoms with E-state index in [-0.39, 0.29) is 5.82 Å². The second-order valence-corrected chi connectivity index (χ2v) is 4.70. The number of halogens is 2. The van der Waals surface area contributed by atoms with Gasteiger partial charge in [-0.25, -0.2) is 14.4 Å². The minimum Gasteiger partial charge on any atom is -0.367 e. The molecule has 0 bridgehead atoms. The fraction of sp³-hybridized carbons (Fsp3) is 0.286. The number of hydrogen-bond donors (Lipinski definition) is 1. The first-order valence-corrected chi connectivity index (χ1v) is 6.43. The maximum Gasteiger partial charge on any atom is 0.171 e. The van der Waals surface area contributed by atoms with Crippen molar-refractivity contribution in [3.05, 3.63) is 52.2 Å². The molecule has 0 aliphatic heterocycles. The van der Waals surface area contributed by atoms with E-state index in [0.717, 1.165) is 17.0 Å². The molecule has 3 nitrogen and oxygen atoms in total. The lowest BCUT2D eigenvalue weighted by Gasteiger charge is -2.09. The van der Waals surface area contributed by atoms with Crippen LogP contribution in [0.2, 0.25) is 5.15 Å². The summed E-state index contributed by atoms with van der Waals surface area (Å²) in [6.45, 7) is 4.38. The third-order valence-electron chi connectivity index (χ3n) is 2.86. The molecule has 0 radical (unpaired) electrons. The SMILES string of the molecule is Cc1nc(Cl)c(NCCc2cccc(F)c2)nc1C. The summed E-state index contributed by atoms with van der Waals surface area (Å²) >= 11 is 6.01. The van der Waals surface area contributed by atoms with Gasteiger partial charge in [-0.1, -0.05) is 23.7 Å². The molecule has 0 saturated carbocycles. The van der Waals surface area contributed by atoms with Gasteiger partial charge in [-0.2, -0.15) is 0 Å². The van der Waals surface area contributed by atoms with Crippen molar-refractivity contribution in [1.82, 2.24) is 9.97 Å². The monoisotopic (exact) mass is 279 g/mol. The van der Waals surface area contributed by atoms with E-state index >= 15 is 0 Å². The maximum atomic E-state index is 13.0. The van der Waals surface area contributed by atoms with Crippen molar-refractivity contribution < 1.29 is 4.39 Å². The first-order valence-electron chi connectivity index (χ1n) is 6.05. The number of aryl methyl sites for hydroxylation is 2. The van der Waals surface area contributed by atoms with Gasteiger partial charge >= 0.3 is 0 Å². The van der Waals surface area contributed by atoms with E-state index in [1.807, 2.05) is 19.9 Å². The van der Waals surface area contributed by atoms with Crippen LogP contribution in [0.3, 0.4) is 0 Å². The topological polar surface area (TPSA) is 37.8 Å². The smallest absolute Gasteiger partial charge is 0.171 e. The van der Waals surface area contributed by atoms with Crippen LogP contribution in [-0.2, 0) is 6.42 Å². The summed E-state index contributed by atoms with van der Waals surface area (Å²) in [5.74, 6) is 0.350. The Morgan fingerprint density at radius 1 is 1.21 bits per heavy atom. The van der Waals surface area contributed by atoms with Crippen LogP contribution in [0.15, 0.2) is 24.3 Å².